The average molecular weight is 504 g/mol. The Labute approximate surface area is 194 Å². The summed E-state index contributed by atoms with van der Waals surface area (Å²) in [6.45, 7) is 1.01. The van der Waals surface area contributed by atoms with E-state index in [9.17, 15) is 16.8 Å². The van der Waals surface area contributed by atoms with Crippen molar-refractivity contribution in [3.8, 4) is 22.5 Å². The number of para-hydroxylation sites is 1. The van der Waals surface area contributed by atoms with Crippen LogP contribution in [0.25, 0.3) is 33.5 Å². The number of hydrogen-bond donors (Lipinski definition) is 5. The number of piperidine rings is 1. The number of nitrogen functional groups attached to an aromatic ring is 1. The number of nitrogens with two attached hydrogens (primary N) is 2. The lowest BCUT2D eigenvalue weighted by Gasteiger charge is -2.24. The molecular formula is C19H21N9O4S2. The lowest BCUT2D eigenvalue weighted by molar-refractivity contribution is 0.495. The maximum atomic E-state index is 13.6. The van der Waals surface area contributed by atoms with E-state index in [1.165, 1.54) is 12.1 Å². The van der Waals surface area contributed by atoms with Crippen molar-refractivity contribution in [1.82, 2.24) is 35.9 Å². The second-order valence-electron chi connectivity index (χ2n) is 7.91. The number of nitrogens with one attached hydrogen (secondary N) is 3. The smallest absolute Gasteiger partial charge is 0.240 e. The molecule has 5 rings (SSSR count). The van der Waals surface area contributed by atoms with Gasteiger partial charge < -0.3 is 16.0 Å². The predicted molar refractivity (Wildman–Crippen MR) is 124 cm³/mol. The van der Waals surface area contributed by atoms with E-state index in [-0.39, 0.29) is 22.2 Å². The van der Waals surface area contributed by atoms with E-state index in [1.807, 2.05) is 0 Å². The summed E-state index contributed by atoms with van der Waals surface area (Å²) >= 11 is 0. The fraction of sp³-hybridized carbons (Fsp3) is 0.263. The number of nitrogens with zero attached hydrogens (tertiary/aromatic N) is 4. The van der Waals surface area contributed by atoms with Crippen molar-refractivity contribution in [2.45, 2.75) is 27.9 Å². The maximum Gasteiger partial charge on any atom is 0.240 e. The quantitative estimate of drug-likeness (QED) is 0.248. The van der Waals surface area contributed by atoms with Gasteiger partial charge in [-0.05, 0) is 48.8 Å². The van der Waals surface area contributed by atoms with E-state index in [0.29, 0.717) is 48.1 Å². The van der Waals surface area contributed by atoms with E-state index in [1.54, 1.807) is 18.2 Å². The van der Waals surface area contributed by atoms with Crippen LogP contribution in [0.15, 0.2) is 40.1 Å². The van der Waals surface area contributed by atoms with Crippen molar-refractivity contribution in [2.75, 3.05) is 18.8 Å². The van der Waals surface area contributed by atoms with Crippen molar-refractivity contribution in [1.29, 1.82) is 0 Å². The van der Waals surface area contributed by atoms with Gasteiger partial charge in [-0.1, -0.05) is 18.2 Å². The molecule has 7 N–H and O–H groups in total. The van der Waals surface area contributed by atoms with Gasteiger partial charge in [0.05, 0.1) is 26.7 Å². The molecule has 2 aromatic heterocycles. The van der Waals surface area contributed by atoms with Gasteiger partial charge in [-0.25, -0.2) is 27.0 Å². The highest BCUT2D eigenvalue weighted by Crippen LogP contribution is 2.41. The Morgan fingerprint density at radius 3 is 2.44 bits per heavy atom. The number of sulfonamides is 1. The van der Waals surface area contributed by atoms with Gasteiger partial charge in [0.1, 0.15) is 4.90 Å². The van der Waals surface area contributed by atoms with Gasteiger partial charge in [-0.2, -0.15) is 5.21 Å². The van der Waals surface area contributed by atoms with Gasteiger partial charge in [0.25, 0.3) is 0 Å². The predicted octanol–water partition coefficient (Wildman–Crippen LogP) is 0.165. The zero-order valence-corrected chi connectivity index (χ0v) is 19.3. The van der Waals surface area contributed by atoms with Gasteiger partial charge in [-0.3, -0.25) is 0 Å². The molecule has 2 aromatic carbocycles. The van der Waals surface area contributed by atoms with Crippen LogP contribution in [0.1, 0.15) is 12.8 Å². The Balaban J connectivity index is 1.87. The first-order valence-electron chi connectivity index (χ1n) is 10.3. The molecule has 0 saturated carbocycles. The van der Waals surface area contributed by atoms with Crippen LogP contribution in [0.2, 0.25) is 0 Å². The molecule has 1 aliphatic rings. The first kappa shape index (κ1) is 22.4. The summed E-state index contributed by atoms with van der Waals surface area (Å²) in [6.07, 6.45) is 0.690. The molecule has 0 radical (unpaired) electrons. The number of H-pyrrole nitrogens is 2. The number of aromatic nitrogens is 6. The summed E-state index contributed by atoms with van der Waals surface area (Å²) in [6, 6.07) is 7.96. The Hall–Kier alpha value is -3.40. The SMILES string of the molecule is Nc1nc2c(-c3ccc(S(=O)(=O)C4CCNCC4)c(S(N)(=O)=O)c3-c3nn[nH]n3)cccc2[nH]1. The fourth-order valence-electron chi connectivity index (χ4n) is 4.34. The molecule has 1 aliphatic heterocycles. The highest BCUT2D eigenvalue weighted by atomic mass is 32.2. The minimum Gasteiger partial charge on any atom is -0.369 e. The normalized spacial score (nSPS) is 15.7. The van der Waals surface area contributed by atoms with Crippen molar-refractivity contribution >= 4 is 36.8 Å². The first-order chi connectivity index (χ1) is 16.2. The summed E-state index contributed by atoms with van der Waals surface area (Å²) in [5.41, 5.74) is 7.61. The summed E-state index contributed by atoms with van der Waals surface area (Å²) in [5, 5.41) is 21.7. The third-order valence-corrected chi connectivity index (χ3v) is 9.25. The van der Waals surface area contributed by atoms with Crippen LogP contribution in [-0.4, -0.2) is 65.8 Å². The van der Waals surface area contributed by atoms with Gasteiger partial charge in [0.15, 0.2) is 15.8 Å². The molecule has 0 aliphatic carbocycles. The third kappa shape index (κ3) is 3.71. The van der Waals surface area contributed by atoms with E-state index in [0.717, 1.165) is 0 Å². The van der Waals surface area contributed by atoms with Crippen LogP contribution in [0.3, 0.4) is 0 Å². The lowest BCUT2D eigenvalue weighted by Crippen LogP contribution is -2.36. The number of rotatable bonds is 5. The minimum absolute atomic E-state index is 0.0830. The van der Waals surface area contributed by atoms with Gasteiger partial charge in [-0.15, -0.1) is 10.2 Å². The highest BCUT2D eigenvalue weighted by Gasteiger charge is 2.37. The van der Waals surface area contributed by atoms with E-state index in [4.69, 9.17) is 10.9 Å². The largest absolute Gasteiger partial charge is 0.369 e. The number of hydrogen-bond acceptors (Lipinski definition) is 10. The summed E-state index contributed by atoms with van der Waals surface area (Å²) in [7, 11) is -8.61. The number of benzene rings is 2. The number of primary sulfonamides is 1. The van der Waals surface area contributed by atoms with Gasteiger partial charge >= 0.3 is 0 Å². The lowest BCUT2D eigenvalue weighted by atomic mass is 9.98. The second-order valence-corrected chi connectivity index (χ2v) is 11.6. The number of fused-ring (bicyclic) bond motifs is 1. The molecule has 4 aromatic rings. The zero-order valence-electron chi connectivity index (χ0n) is 17.7. The van der Waals surface area contributed by atoms with Crippen LogP contribution in [-0.2, 0) is 19.9 Å². The molecule has 0 amide bonds. The summed E-state index contributed by atoms with van der Waals surface area (Å²) in [5.74, 6) is 0.0437. The van der Waals surface area contributed by atoms with E-state index >= 15 is 0 Å². The van der Waals surface area contributed by atoms with Crippen LogP contribution >= 0.6 is 0 Å². The number of anilines is 1. The van der Waals surface area contributed by atoms with E-state index < -0.39 is 30.0 Å². The Morgan fingerprint density at radius 2 is 1.76 bits per heavy atom. The number of aromatic amines is 2. The first-order valence-corrected chi connectivity index (χ1v) is 13.4. The molecule has 13 nitrogen and oxygen atoms in total. The van der Waals surface area contributed by atoms with Crippen molar-refractivity contribution in [2.24, 2.45) is 5.14 Å². The van der Waals surface area contributed by atoms with Crippen LogP contribution in [0, 0.1) is 0 Å². The van der Waals surface area contributed by atoms with Crippen LogP contribution < -0.4 is 16.2 Å². The Bertz CT molecular complexity index is 1590. The Kier molecular flexibility index (Phi) is 5.35. The average Bonchev–Trinajstić information content (AvgIpc) is 3.47. The molecule has 0 atom stereocenters. The van der Waals surface area contributed by atoms with Crippen molar-refractivity contribution in [3.05, 3.63) is 30.3 Å². The number of sulfone groups is 1. The maximum absolute atomic E-state index is 13.6. The molecule has 0 spiro atoms. The number of tetrazole rings is 1. The zero-order chi connectivity index (χ0) is 24.1. The van der Waals surface area contributed by atoms with Gasteiger partial charge in [0.2, 0.25) is 15.8 Å². The molecule has 0 bridgehead atoms. The molecular weight excluding hydrogens is 482 g/mol. The van der Waals surface area contributed by atoms with Crippen LogP contribution in [0.5, 0.6) is 0 Å². The molecule has 15 heteroatoms. The summed E-state index contributed by atoms with van der Waals surface area (Å²) in [4.78, 5) is 6.25. The standard InChI is InChI=1S/C19H21N9O4S2/c20-19-23-13-3-1-2-12(16(13)24-19)11-4-5-14(33(29,30)10-6-8-22-9-7-10)17(34(21,31)32)15(11)18-25-27-28-26-18/h1-5,10,22H,6-9H2,(H3,20,23,24)(H2,21,31,32)(H,25,26,27,28). The summed E-state index contributed by atoms with van der Waals surface area (Å²) < 4.78 is 53.0. The molecule has 34 heavy (non-hydrogen) atoms. The van der Waals surface area contributed by atoms with Crippen LogP contribution in [0.4, 0.5) is 5.95 Å². The molecule has 3 heterocycles. The topological polar surface area (TPSA) is 215 Å². The fourth-order valence-corrected chi connectivity index (χ4v) is 7.70. The molecule has 1 fully saturated rings. The van der Waals surface area contributed by atoms with Crippen molar-refractivity contribution in [3.63, 3.8) is 0 Å². The van der Waals surface area contributed by atoms with Crippen molar-refractivity contribution < 1.29 is 16.8 Å². The molecule has 0 unspecified atom stereocenters. The highest BCUT2D eigenvalue weighted by molar-refractivity contribution is 7.94. The molecule has 1 saturated heterocycles. The molecule has 178 valence electrons. The minimum atomic E-state index is -4.56. The second kappa shape index (κ2) is 8.12. The third-order valence-electron chi connectivity index (χ3n) is 5.83. The van der Waals surface area contributed by atoms with E-state index in [2.05, 4.69) is 35.9 Å². The number of imidazole rings is 1. The monoisotopic (exact) mass is 503 g/mol. The Morgan fingerprint density at radius 1 is 1.00 bits per heavy atom. The van der Waals surface area contributed by atoms with Gasteiger partial charge in [0, 0.05) is 5.56 Å².